The summed E-state index contributed by atoms with van der Waals surface area (Å²) in [4.78, 5) is 28.5. The van der Waals surface area contributed by atoms with Crippen molar-refractivity contribution in [1.29, 1.82) is 0 Å². The van der Waals surface area contributed by atoms with Crippen molar-refractivity contribution in [2.75, 3.05) is 0 Å². The summed E-state index contributed by atoms with van der Waals surface area (Å²) in [5.74, 6) is -0.173. The highest BCUT2D eigenvalue weighted by Gasteiger charge is 2.41. The highest BCUT2D eigenvalue weighted by atomic mass is 16.2. The molecule has 0 amide bonds. The number of aryl methyl sites for hydroxylation is 1. The van der Waals surface area contributed by atoms with E-state index in [4.69, 9.17) is 0 Å². The van der Waals surface area contributed by atoms with Crippen LogP contribution in [0.3, 0.4) is 0 Å². The lowest BCUT2D eigenvalue weighted by Crippen LogP contribution is -2.39. The molecule has 0 radical (unpaired) electrons. The summed E-state index contributed by atoms with van der Waals surface area (Å²) in [6, 6.07) is 0. The summed E-state index contributed by atoms with van der Waals surface area (Å²) in [6.07, 6.45) is 5.78. The molecule has 0 bridgehead atoms. The number of nitrogens with zero attached hydrogens (tertiary/aromatic N) is 2. The summed E-state index contributed by atoms with van der Waals surface area (Å²) in [6.45, 7) is 3.85. The Morgan fingerprint density at radius 1 is 1.53 bits per heavy atom. The van der Waals surface area contributed by atoms with Crippen molar-refractivity contribution in [3.63, 3.8) is 0 Å². The Balaban J connectivity index is 2.26. The van der Waals surface area contributed by atoms with Crippen LogP contribution in [0.15, 0.2) is 12.4 Å². The summed E-state index contributed by atoms with van der Waals surface area (Å²) < 4.78 is 1.68. The Kier molecular flexibility index (Phi) is 2.89. The van der Waals surface area contributed by atoms with Crippen molar-refractivity contribution in [3.05, 3.63) is 18.2 Å². The molecule has 17 heavy (non-hydrogen) atoms. The molecule has 1 heterocycles. The number of ketones is 2. The van der Waals surface area contributed by atoms with Crippen LogP contribution >= 0.6 is 0 Å². The molecule has 0 N–H and O–H groups in total. The summed E-state index contributed by atoms with van der Waals surface area (Å²) in [7, 11) is 1.78. The Labute approximate surface area is 101 Å². The van der Waals surface area contributed by atoms with Crippen LogP contribution in [0.4, 0.5) is 0 Å². The van der Waals surface area contributed by atoms with Crippen LogP contribution in [-0.4, -0.2) is 21.1 Å². The van der Waals surface area contributed by atoms with E-state index in [1.807, 2.05) is 13.8 Å². The van der Waals surface area contributed by atoms with Gasteiger partial charge in [0, 0.05) is 24.9 Å². The van der Waals surface area contributed by atoms with Gasteiger partial charge >= 0.3 is 0 Å². The van der Waals surface area contributed by atoms with Crippen LogP contribution in [0.1, 0.15) is 43.7 Å². The van der Waals surface area contributed by atoms with Gasteiger partial charge < -0.3 is 4.57 Å². The van der Waals surface area contributed by atoms with Crippen LogP contribution in [0, 0.1) is 11.3 Å². The average molecular weight is 234 g/mol. The van der Waals surface area contributed by atoms with Crippen LogP contribution in [0.2, 0.25) is 0 Å². The van der Waals surface area contributed by atoms with Gasteiger partial charge in [0.1, 0.15) is 5.78 Å². The van der Waals surface area contributed by atoms with Gasteiger partial charge in [0.25, 0.3) is 0 Å². The van der Waals surface area contributed by atoms with E-state index in [2.05, 4.69) is 4.98 Å². The lowest BCUT2D eigenvalue weighted by atomic mass is 9.69. The van der Waals surface area contributed by atoms with Gasteiger partial charge in [-0.05, 0) is 12.8 Å². The van der Waals surface area contributed by atoms with Crippen LogP contribution < -0.4 is 0 Å². The molecule has 0 aromatic carbocycles. The van der Waals surface area contributed by atoms with Crippen molar-refractivity contribution >= 4 is 11.6 Å². The second-order valence-electron chi connectivity index (χ2n) is 5.42. The molecule has 0 aliphatic heterocycles. The van der Waals surface area contributed by atoms with E-state index in [0.29, 0.717) is 12.2 Å². The number of rotatable bonds is 2. The Morgan fingerprint density at radius 3 is 2.82 bits per heavy atom. The molecule has 0 saturated heterocycles. The van der Waals surface area contributed by atoms with Crippen LogP contribution in [0.5, 0.6) is 0 Å². The third-order valence-corrected chi connectivity index (χ3v) is 3.64. The van der Waals surface area contributed by atoms with Gasteiger partial charge in [0.2, 0.25) is 5.78 Å². The zero-order valence-corrected chi connectivity index (χ0v) is 10.6. The Hall–Kier alpha value is -1.45. The van der Waals surface area contributed by atoms with Gasteiger partial charge in [0.05, 0.1) is 5.92 Å². The molecule has 1 saturated carbocycles. The van der Waals surface area contributed by atoms with Gasteiger partial charge in [0.15, 0.2) is 5.82 Å². The highest BCUT2D eigenvalue weighted by Crippen LogP contribution is 2.36. The Bertz CT molecular complexity index is 460. The van der Waals surface area contributed by atoms with Crippen molar-refractivity contribution in [3.8, 4) is 0 Å². The third kappa shape index (κ3) is 2.04. The number of carbonyl (C=O) groups excluding carboxylic acids is 2. The van der Waals surface area contributed by atoms with Crippen LogP contribution in [0.25, 0.3) is 0 Å². The fraction of sp³-hybridized carbons (Fsp3) is 0.615. The van der Waals surface area contributed by atoms with Gasteiger partial charge in [-0.15, -0.1) is 0 Å². The minimum absolute atomic E-state index is 0.0664. The first kappa shape index (κ1) is 12.0. The number of hydrogen-bond donors (Lipinski definition) is 0. The molecule has 4 nitrogen and oxygen atoms in total. The first-order chi connectivity index (χ1) is 7.93. The van der Waals surface area contributed by atoms with Crippen molar-refractivity contribution in [2.24, 2.45) is 18.4 Å². The maximum atomic E-state index is 12.3. The van der Waals surface area contributed by atoms with E-state index in [1.165, 1.54) is 0 Å². The predicted molar refractivity (Wildman–Crippen MR) is 63.7 cm³/mol. The zero-order valence-electron chi connectivity index (χ0n) is 10.6. The number of imidazole rings is 1. The van der Waals surface area contributed by atoms with Crippen molar-refractivity contribution < 1.29 is 9.59 Å². The van der Waals surface area contributed by atoms with E-state index >= 15 is 0 Å². The SMILES string of the molecule is Cn1ccnc1C(=O)C1CCCC(C)(C)C1=O. The number of hydrogen-bond acceptors (Lipinski definition) is 3. The second kappa shape index (κ2) is 4.09. The molecule has 1 aromatic heterocycles. The second-order valence-corrected chi connectivity index (χ2v) is 5.42. The van der Waals surface area contributed by atoms with E-state index in [-0.39, 0.29) is 17.0 Å². The van der Waals surface area contributed by atoms with Crippen molar-refractivity contribution in [1.82, 2.24) is 9.55 Å². The quantitative estimate of drug-likeness (QED) is 0.581. The molecule has 92 valence electrons. The van der Waals surface area contributed by atoms with E-state index in [9.17, 15) is 9.59 Å². The molecule has 0 spiro atoms. The molecule has 1 aliphatic rings. The lowest BCUT2D eigenvalue weighted by molar-refractivity contribution is -0.132. The molecular weight excluding hydrogens is 216 g/mol. The maximum Gasteiger partial charge on any atom is 0.208 e. The topological polar surface area (TPSA) is 52.0 Å². The summed E-state index contributed by atoms with van der Waals surface area (Å²) >= 11 is 0. The lowest BCUT2D eigenvalue weighted by Gasteiger charge is -2.32. The number of Topliss-reactive ketones (excluding diaryl/α,β-unsaturated/α-hetero) is 2. The van der Waals surface area contributed by atoms with E-state index in [0.717, 1.165) is 12.8 Å². The third-order valence-electron chi connectivity index (χ3n) is 3.64. The summed E-state index contributed by atoms with van der Waals surface area (Å²) in [5.41, 5.74) is -0.371. The molecule has 1 fully saturated rings. The van der Waals surface area contributed by atoms with Gasteiger partial charge in [-0.2, -0.15) is 0 Å². The zero-order chi connectivity index (χ0) is 12.6. The number of aromatic nitrogens is 2. The number of carbonyl (C=O) groups is 2. The van der Waals surface area contributed by atoms with E-state index in [1.54, 1.807) is 24.0 Å². The first-order valence-electron chi connectivity index (χ1n) is 5.99. The Morgan fingerprint density at radius 2 is 2.24 bits per heavy atom. The molecule has 1 atom stereocenters. The minimum atomic E-state index is -0.500. The van der Waals surface area contributed by atoms with Gasteiger partial charge in [-0.1, -0.05) is 20.3 Å². The predicted octanol–water partition coefficient (Wildman–Crippen LogP) is 2.00. The fourth-order valence-corrected chi connectivity index (χ4v) is 2.48. The van der Waals surface area contributed by atoms with Crippen molar-refractivity contribution in [2.45, 2.75) is 33.1 Å². The first-order valence-corrected chi connectivity index (χ1v) is 5.99. The van der Waals surface area contributed by atoms with Gasteiger partial charge in [-0.3, -0.25) is 9.59 Å². The fourth-order valence-electron chi connectivity index (χ4n) is 2.48. The smallest absolute Gasteiger partial charge is 0.208 e. The maximum absolute atomic E-state index is 12.3. The molecular formula is C13H18N2O2. The molecule has 1 unspecified atom stereocenters. The average Bonchev–Trinajstić information content (AvgIpc) is 2.68. The molecule has 1 aliphatic carbocycles. The summed E-state index contributed by atoms with van der Waals surface area (Å²) in [5, 5.41) is 0. The largest absolute Gasteiger partial charge is 0.332 e. The molecule has 1 aromatic rings. The van der Waals surface area contributed by atoms with Crippen LogP contribution in [-0.2, 0) is 11.8 Å². The highest BCUT2D eigenvalue weighted by molar-refractivity contribution is 6.10. The monoisotopic (exact) mass is 234 g/mol. The normalized spacial score (nSPS) is 23.7. The molecule has 4 heteroatoms. The standard InChI is InChI=1S/C13H18N2O2/c1-13(2)6-4-5-9(11(13)17)10(16)12-14-7-8-15(12)3/h7-9H,4-6H2,1-3H3. The van der Waals surface area contributed by atoms with Gasteiger partial charge in [-0.25, -0.2) is 4.98 Å². The van der Waals surface area contributed by atoms with E-state index < -0.39 is 5.92 Å². The minimum Gasteiger partial charge on any atom is -0.332 e. The molecule has 2 rings (SSSR count).